The second-order valence-corrected chi connectivity index (χ2v) is 3.66. The summed E-state index contributed by atoms with van der Waals surface area (Å²) in [7, 11) is 1.41. The number of amides is 1. The van der Waals surface area contributed by atoms with Gasteiger partial charge in [0.05, 0.1) is 7.11 Å². The number of carbonyl (C=O) groups excluding carboxylic acids is 2. The monoisotopic (exact) mass is 215 g/mol. The van der Waals surface area contributed by atoms with Crippen LogP contribution in [0.3, 0.4) is 0 Å². The van der Waals surface area contributed by atoms with Gasteiger partial charge >= 0.3 is 5.97 Å². The van der Waals surface area contributed by atoms with Crippen LogP contribution in [-0.2, 0) is 14.3 Å². The van der Waals surface area contributed by atoms with Gasteiger partial charge in [0, 0.05) is 12.8 Å². The van der Waals surface area contributed by atoms with Crippen molar-refractivity contribution in [3.63, 3.8) is 0 Å². The highest BCUT2D eigenvalue weighted by Gasteiger charge is 1.99. The summed E-state index contributed by atoms with van der Waals surface area (Å²) in [5.41, 5.74) is 5.01. The Balaban J connectivity index is 3.05. The fraction of sp³-hybridized carbons (Fsp3) is 0.818. The van der Waals surface area contributed by atoms with Gasteiger partial charge in [0.15, 0.2) is 0 Å². The average Bonchev–Trinajstić information content (AvgIpc) is 2.21. The summed E-state index contributed by atoms with van der Waals surface area (Å²) >= 11 is 0. The highest BCUT2D eigenvalue weighted by atomic mass is 16.5. The molecule has 0 aromatic carbocycles. The van der Waals surface area contributed by atoms with Crippen molar-refractivity contribution in [2.24, 2.45) is 5.73 Å². The molecule has 0 aliphatic rings. The van der Waals surface area contributed by atoms with Gasteiger partial charge in [-0.1, -0.05) is 25.7 Å². The first-order valence-electron chi connectivity index (χ1n) is 5.52. The number of unbranched alkanes of at least 4 members (excludes halogenated alkanes) is 5. The molecule has 0 spiro atoms. The van der Waals surface area contributed by atoms with E-state index in [-0.39, 0.29) is 11.9 Å². The van der Waals surface area contributed by atoms with Crippen molar-refractivity contribution in [3.8, 4) is 0 Å². The third-order valence-corrected chi connectivity index (χ3v) is 2.28. The predicted octanol–water partition coefficient (Wildman–Crippen LogP) is 1.77. The van der Waals surface area contributed by atoms with Crippen LogP contribution in [0, 0.1) is 0 Å². The number of primary amides is 1. The normalized spacial score (nSPS) is 9.93. The zero-order valence-electron chi connectivity index (χ0n) is 9.46. The van der Waals surface area contributed by atoms with Crippen LogP contribution >= 0.6 is 0 Å². The molecule has 0 saturated heterocycles. The van der Waals surface area contributed by atoms with E-state index in [2.05, 4.69) is 4.74 Å². The Hall–Kier alpha value is -1.06. The molecule has 4 nitrogen and oxygen atoms in total. The Labute approximate surface area is 91.2 Å². The second kappa shape index (κ2) is 9.49. The van der Waals surface area contributed by atoms with Crippen molar-refractivity contribution >= 4 is 11.9 Å². The summed E-state index contributed by atoms with van der Waals surface area (Å²) in [6.45, 7) is 0. The third kappa shape index (κ3) is 10.9. The van der Waals surface area contributed by atoms with Crippen LogP contribution in [-0.4, -0.2) is 19.0 Å². The summed E-state index contributed by atoms with van der Waals surface area (Å²) in [5.74, 6) is -0.357. The van der Waals surface area contributed by atoms with Crippen LogP contribution in [0.1, 0.15) is 51.4 Å². The molecule has 0 atom stereocenters. The molecule has 0 fully saturated rings. The molecule has 0 saturated carbocycles. The third-order valence-electron chi connectivity index (χ3n) is 2.28. The van der Waals surface area contributed by atoms with Crippen molar-refractivity contribution < 1.29 is 14.3 Å². The highest BCUT2D eigenvalue weighted by Crippen LogP contribution is 2.08. The van der Waals surface area contributed by atoms with Crippen LogP contribution in [0.25, 0.3) is 0 Å². The van der Waals surface area contributed by atoms with Crippen molar-refractivity contribution in [2.45, 2.75) is 51.4 Å². The van der Waals surface area contributed by atoms with Gasteiger partial charge in [0.1, 0.15) is 0 Å². The second-order valence-electron chi connectivity index (χ2n) is 3.66. The van der Waals surface area contributed by atoms with E-state index in [0.717, 1.165) is 38.5 Å². The Bertz CT molecular complexity index is 192. The predicted molar refractivity (Wildman–Crippen MR) is 58.1 cm³/mol. The molecule has 0 heterocycles. The molecule has 0 radical (unpaired) electrons. The van der Waals surface area contributed by atoms with Crippen molar-refractivity contribution in [1.82, 2.24) is 0 Å². The maximum atomic E-state index is 10.7. The van der Waals surface area contributed by atoms with Crippen LogP contribution < -0.4 is 5.73 Å². The van der Waals surface area contributed by atoms with E-state index >= 15 is 0 Å². The number of carbonyl (C=O) groups is 2. The number of esters is 1. The number of hydrogen-bond acceptors (Lipinski definition) is 3. The van der Waals surface area contributed by atoms with Gasteiger partial charge < -0.3 is 10.5 Å². The summed E-state index contributed by atoms with van der Waals surface area (Å²) in [6.07, 6.45) is 7.08. The Morgan fingerprint density at radius 1 is 0.933 bits per heavy atom. The van der Waals surface area contributed by atoms with Gasteiger partial charge in [-0.3, -0.25) is 9.59 Å². The molecule has 4 heteroatoms. The fourth-order valence-corrected chi connectivity index (χ4v) is 1.38. The molecular formula is C11H21NO3. The summed E-state index contributed by atoms with van der Waals surface area (Å²) < 4.78 is 4.53. The van der Waals surface area contributed by atoms with Crippen LogP contribution in [0.4, 0.5) is 0 Å². The summed E-state index contributed by atoms with van der Waals surface area (Å²) in [6, 6.07) is 0. The molecule has 0 rings (SSSR count). The maximum Gasteiger partial charge on any atom is 0.305 e. The number of methoxy groups -OCH3 is 1. The molecule has 0 bridgehead atoms. The molecule has 0 aromatic rings. The molecule has 15 heavy (non-hydrogen) atoms. The molecule has 2 N–H and O–H groups in total. The first-order chi connectivity index (χ1) is 7.16. The van der Waals surface area contributed by atoms with E-state index in [1.807, 2.05) is 0 Å². The van der Waals surface area contributed by atoms with Gasteiger partial charge in [-0.05, 0) is 12.8 Å². The Morgan fingerprint density at radius 2 is 1.40 bits per heavy atom. The summed E-state index contributed by atoms with van der Waals surface area (Å²) in [4.78, 5) is 21.2. The van der Waals surface area contributed by atoms with Gasteiger partial charge in [-0.2, -0.15) is 0 Å². The first kappa shape index (κ1) is 13.9. The number of rotatable bonds is 9. The minimum absolute atomic E-state index is 0.135. The fourth-order valence-electron chi connectivity index (χ4n) is 1.38. The molecule has 1 amide bonds. The number of ether oxygens (including phenoxy) is 1. The van der Waals surface area contributed by atoms with Crippen molar-refractivity contribution in [3.05, 3.63) is 0 Å². The van der Waals surface area contributed by atoms with Crippen LogP contribution in [0.15, 0.2) is 0 Å². The maximum absolute atomic E-state index is 10.7. The molecule has 88 valence electrons. The zero-order valence-corrected chi connectivity index (χ0v) is 9.46. The van der Waals surface area contributed by atoms with E-state index in [0.29, 0.717) is 12.8 Å². The van der Waals surface area contributed by atoms with Crippen LogP contribution in [0.5, 0.6) is 0 Å². The first-order valence-corrected chi connectivity index (χ1v) is 5.52. The summed E-state index contributed by atoms with van der Waals surface area (Å²) in [5, 5.41) is 0. The highest BCUT2D eigenvalue weighted by molar-refractivity contribution is 5.73. The topological polar surface area (TPSA) is 69.4 Å². The van der Waals surface area contributed by atoms with Crippen molar-refractivity contribution in [2.75, 3.05) is 7.11 Å². The molecule has 0 aliphatic heterocycles. The van der Waals surface area contributed by atoms with Crippen molar-refractivity contribution in [1.29, 1.82) is 0 Å². The lowest BCUT2D eigenvalue weighted by Crippen LogP contribution is -2.09. The van der Waals surface area contributed by atoms with Gasteiger partial charge in [-0.15, -0.1) is 0 Å². The van der Waals surface area contributed by atoms with Gasteiger partial charge in [0.2, 0.25) is 5.91 Å². The van der Waals surface area contributed by atoms with E-state index in [1.54, 1.807) is 0 Å². The molecule has 0 aromatic heterocycles. The Morgan fingerprint density at radius 3 is 1.87 bits per heavy atom. The standard InChI is InChI=1S/C11H21NO3/c1-15-11(14)9-7-5-3-2-4-6-8-10(12)13/h2-9H2,1H3,(H2,12,13). The smallest absolute Gasteiger partial charge is 0.305 e. The van der Waals surface area contributed by atoms with Gasteiger partial charge in [0.25, 0.3) is 0 Å². The lowest BCUT2D eigenvalue weighted by atomic mass is 10.1. The lowest BCUT2D eigenvalue weighted by molar-refractivity contribution is -0.140. The average molecular weight is 215 g/mol. The van der Waals surface area contributed by atoms with E-state index in [1.165, 1.54) is 7.11 Å². The number of nitrogens with two attached hydrogens (primary N) is 1. The van der Waals surface area contributed by atoms with Gasteiger partial charge in [-0.25, -0.2) is 0 Å². The van der Waals surface area contributed by atoms with Crippen LogP contribution in [0.2, 0.25) is 0 Å². The largest absolute Gasteiger partial charge is 0.469 e. The number of hydrogen-bond donors (Lipinski definition) is 1. The SMILES string of the molecule is COC(=O)CCCCCCCCC(N)=O. The zero-order chi connectivity index (χ0) is 11.5. The van der Waals surface area contributed by atoms with E-state index in [4.69, 9.17) is 5.73 Å². The molecule has 0 aliphatic carbocycles. The quantitative estimate of drug-likeness (QED) is 0.470. The molecular weight excluding hydrogens is 194 g/mol. The Kier molecular flexibility index (Phi) is 8.82. The van der Waals surface area contributed by atoms with E-state index < -0.39 is 0 Å². The molecule has 0 unspecified atom stereocenters. The van der Waals surface area contributed by atoms with E-state index in [9.17, 15) is 9.59 Å². The minimum Gasteiger partial charge on any atom is -0.469 e. The lowest BCUT2D eigenvalue weighted by Gasteiger charge is -2.00. The minimum atomic E-state index is -0.222.